The number of halogens is 2. The van der Waals surface area contributed by atoms with Crippen LogP contribution in [0.15, 0.2) is 18.2 Å². The third-order valence-electron chi connectivity index (χ3n) is 3.35. The SMILES string of the molecule is CC1OCCC1C(NN)c1ccc(Cl)c(Cl)c1. The molecule has 0 bridgehead atoms. The van der Waals surface area contributed by atoms with Gasteiger partial charge in [-0.25, -0.2) is 0 Å². The minimum Gasteiger partial charge on any atom is -0.378 e. The molecule has 1 aromatic carbocycles. The molecule has 1 fully saturated rings. The first-order valence-corrected chi connectivity index (χ1v) is 6.41. The zero-order valence-corrected chi connectivity index (χ0v) is 11.1. The molecule has 1 aromatic rings. The molecule has 3 unspecified atom stereocenters. The summed E-state index contributed by atoms with van der Waals surface area (Å²) in [6, 6.07) is 5.65. The van der Waals surface area contributed by atoms with Crippen molar-refractivity contribution in [2.45, 2.75) is 25.5 Å². The van der Waals surface area contributed by atoms with Crippen LogP contribution in [0.25, 0.3) is 0 Å². The third-order valence-corrected chi connectivity index (χ3v) is 4.08. The molecule has 3 nitrogen and oxygen atoms in total. The smallest absolute Gasteiger partial charge is 0.0595 e. The van der Waals surface area contributed by atoms with E-state index in [9.17, 15) is 0 Å². The lowest BCUT2D eigenvalue weighted by atomic mass is 9.89. The molecule has 0 amide bonds. The molecule has 1 aliphatic heterocycles. The van der Waals surface area contributed by atoms with Crippen molar-refractivity contribution >= 4 is 23.2 Å². The average molecular weight is 275 g/mol. The molecule has 0 spiro atoms. The van der Waals surface area contributed by atoms with E-state index < -0.39 is 0 Å². The van der Waals surface area contributed by atoms with Crippen LogP contribution in [0.4, 0.5) is 0 Å². The van der Waals surface area contributed by atoms with Crippen molar-refractivity contribution in [1.82, 2.24) is 5.43 Å². The maximum atomic E-state index is 6.03. The fraction of sp³-hybridized carbons (Fsp3) is 0.500. The predicted molar refractivity (Wildman–Crippen MR) is 70.0 cm³/mol. The van der Waals surface area contributed by atoms with Gasteiger partial charge in [-0.05, 0) is 31.0 Å². The molecule has 3 atom stereocenters. The van der Waals surface area contributed by atoms with Gasteiger partial charge in [0, 0.05) is 12.5 Å². The van der Waals surface area contributed by atoms with Crippen LogP contribution < -0.4 is 11.3 Å². The summed E-state index contributed by atoms with van der Waals surface area (Å²) in [6.07, 6.45) is 1.20. The largest absolute Gasteiger partial charge is 0.378 e. The van der Waals surface area contributed by atoms with E-state index in [0.717, 1.165) is 18.6 Å². The summed E-state index contributed by atoms with van der Waals surface area (Å²) in [5, 5.41) is 1.11. The molecule has 1 saturated heterocycles. The molecule has 94 valence electrons. The van der Waals surface area contributed by atoms with Crippen LogP contribution in [0.2, 0.25) is 10.0 Å². The Kier molecular flexibility index (Phi) is 4.28. The monoisotopic (exact) mass is 274 g/mol. The van der Waals surface area contributed by atoms with E-state index in [1.165, 1.54) is 0 Å². The number of hydrogen-bond acceptors (Lipinski definition) is 3. The van der Waals surface area contributed by atoms with Crippen molar-refractivity contribution < 1.29 is 4.74 Å². The first kappa shape index (κ1) is 13.1. The highest BCUT2D eigenvalue weighted by Gasteiger charge is 2.32. The molecular formula is C12H16Cl2N2O. The summed E-state index contributed by atoms with van der Waals surface area (Å²) in [5.41, 5.74) is 3.90. The molecule has 0 radical (unpaired) electrons. The summed E-state index contributed by atoms with van der Waals surface area (Å²) in [4.78, 5) is 0. The number of nitrogens with two attached hydrogens (primary N) is 1. The van der Waals surface area contributed by atoms with Gasteiger partial charge in [0.15, 0.2) is 0 Å². The van der Waals surface area contributed by atoms with Gasteiger partial charge in [0.25, 0.3) is 0 Å². The van der Waals surface area contributed by atoms with E-state index in [2.05, 4.69) is 12.3 Å². The molecule has 2 rings (SSSR count). The van der Waals surface area contributed by atoms with Gasteiger partial charge in [-0.2, -0.15) is 0 Å². The second-order valence-corrected chi connectivity index (χ2v) is 5.16. The van der Waals surface area contributed by atoms with Crippen molar-refractivity contribution in [3.63, 3.8) is 0 Å². The summed E-state index contributed by atoms with van der Waals surface area (Å²) in [7, 11) is 0. The molecule has 0 aromatic heterocycles. The Morgan fingerprint density at radius 2 is 2.18 bits per heavy atom. The van der Waals surface area contributed by atoms with Crippen molar-refractivity contribution in [2.24, 2.45) is 11.8 Å². The summed E-state index contributed by atoms with van der Waals surface area (Å²) < 4.78 is 5.57. The summed E-state index contributed by atoms with van der Waals surface area (Å²) in [5.74, 6) is 6.01. The standard InChI is InChI=1S/C12H16Cl2N2O/c1-7-9(4-5-17-7)12(16-15)8-2-3-10(13)11(14)6-8/h2-3,6-7,9,12,16H,4-5,15H2,1H3. The van der Waals surface area contributed by atoms with Crippen LogP contribution in [0.5, 0.6) is 0 Å². The Morgan fingerprint density at radius 3 is 2.71 bits per heavy atom. The maximum Gasteiger partial charge on any atom is 0.0595 e. The van der Waals surface area contributed by atoms with Gasteiger partial charge < -0.3 is 4.74 Å². The summed E-state index contributed by atoms with van der Waals surface area (Å²) >= 11 is 11.9. The predicted octanol–water partition coefficient (Wildman–Crippen LogP) is 2.92. The van der Waals surface area contributed by atoms with Gasteiger partial charge in [-0.1, -0.05) is 29.3 Å². The minimum atomic E-state index is 0.0438. The van der Waals surface area contributed by atoms with Crippen molar-refractivity contribution in [1.29, 1.82) is 0 Å². The first-order chi connectivity index (χ1) is 8.13. The molecule has 1 aliphatic rings. The number of benzene rings is 1. The fourth-order valence-corrected chi connectivity index (χ4v) is 2.67. The van der Waals surface area contributed by atoms with Crippen molar-refractivity contribution in [3.8, 4) is 0 Å². The maximum absolute atomic E-state index is 6.03. The Labute approximate surface area is 111 Å². The molecule has 5 heteroatoms. The zero-order valence-electron chi connectivity index (χ0n) is 9.62. The highest BCUT2D eigenvalue weighted by molar-refractivity contribution is 6.42. The second kappa shape index (κ2) is 5.55. The van der Waals surface area contributed by atoms with Gasteiger partial charge in [0.1, 0.15) is 0 Å². The van der Waals surface area contributed by atoms with Crippen molar-refractivity contribution in [2.75, 3.05) is 6.61 Å². The van der Waals surface area contributed by atoms with Gasteiger partial charge in [-0.3, -0.25) is 11.3 Å². The van der Waals surface area contributed by atoms with E-state index in [1.54, 1.807) is 6.07 Å². The molecular weight excluding hydrogens is 259 g/mol. The molecule has 3 N–H and O–H groups in total. The topological polar surface area (TPSA) is 47.3 Å². The fourth-order valence-electron chi connectivity index (χ4n) is 2.36. The lowest BCUT2D eigenvalue weighted by molar-refractivity contribution is 0.0954. The van der Waals surface area contributed by atoms with E-state index >= 15 is 0 Å². The van der Waals surface area contributed by atoms with Crippen LogP contribution in [0.3, 0.4) is 0 Å². The normalized spacial score (nSPS) is 26.1. The van der Waals surface area contributed by atoms with E-state index in [4.69, 9.17) is 33.8 Å². The van der Waals surface area contributed by atoms with Crippen molar-refractivity contribution in [3.05, 3.63) is 33.8 Å². The second-order valence-electron chi connectivity index (χ2n) is 4.35. The number of hydrazine groups is 1. The van der Waals surface area contributed by atoms with E-state index in [1.807, 2.05) is 12.1 Å². The number of rotatable bonds is 3. The van der Waals surface area contributed by atoms with Gasteiger partial charge in [0.2, 0.25) is 0 Å². The summed E-state index contributed by atoms with van der Waals surface area (Å²) in [6.45, 7) is 2.85. The Hall–Kier alpha value is -0.320. The number of ether oxygens (including phenoxy) is 1. The third kappa shape index (κ3) is 2.75. The molecule has 0 aliphatic carbocycles. The molecule has 17 heavy (non-hydrogen) atoms. The van der Waals surface area contributed by atoms with Crippen LogP contribution in [0, 0.1) is 5.92 Å². The Bertz CT molecular complexity index is 400. The Morgan fingerprint density at radius 1 is 1.41 bits per heavy atom. The number of hydrogen-bond donors (Lipinski definition) is 2. The Balaban J connectivity index is 2.25. The molecule has 0 saturated carbocycles. The average Bonchev–Trinajstić information content (AvgIpc) is 2.71. The highest BCUT2D eigenvalue weighted by atomic mass is 35.5. The first-order valence-electron chi connectivity index (χ1n) is 5.66. The lowest BCUT2D eigenvalue weighted by Gasteiger charge is -2.25. The number of nitrogens with one attached hydrogen (secondary N) is 1. The van der Waals surface area contributed by atoms with Gasteiger partial charge >= 0.3 is 0 Å². The van der Waals surface area contributed by atoms with E-state index in [0.29, 0.717) is 16.0 Å². The lowest BCUT2D eigenvalue weighted by Crippen LogP contribution is -2.36. The van der Waals surface area contributed by atoms with Crippen LogP contribution in [0.1, 0.15) is 24.9 Å². The van der Waals surface area contributed by atoms with Gasteiger partial charge in [0.05, 0.1) is 22.2 Å². The van der Waals surface area contributed by atoms with Crippen LogP contribution in [-0.4, -0.2) is 12.7 Å². The van der Waals surface area contributed by atoms with Crippen LogP contribution >= 0.6 is 23.2 Å². The van der Waals surface area contributed by atoms with Gasteiger partial charge in [-0.15, -0.1) is 0 Å². The van der Waals surface area contributed by atoms with E-state index in [-0.39, 0.29) is 12.1 Å². The quantitative estimate of drug-likeness (QED) is 0.658. The molecule has 1 heterocycles. The zero-order chi connectivity index (χ0) is 12.4. The van der Waals surface area contributed by atoms with Crippen LogP contribution in [-0.2, 0) is 4.74 Å². The minimum absolute atomic E-state index is 0.0438. The highest BCUT2D eigenvalue weighted by Crippen LogP contribution is 2.34.